The lowest BCUT2D eigenvalue weighted by atomic mass is 10.1. The third-order valence-corrected chi connectivity index (χ3v) is 3.82. The minimum atomic E-state index is 0.267. The summed E-state index contributed by atoms with van der Waals surface area (Å²) in [6.45, 7) is 2.26. The van der Waals surface area contributed by atoms with Crippen LogP contribution in [0.2, 0.25) is 0 Å². The third-order valence-electron chi connectivity index (χ3n) is 3.82. The summed E-state index contributed by atoms with van der Waals surface area (Å²) in [4.78, 5) is 6.76. The molecule has 0 saturated carbocycles. The summed E-state index contributed by atoms with van der Waals surface area (Å²) in [7, 11) is 0. The maximum absolute atomic E-state index is 9.37. The van der Waals surface area contributed by atoms with Crippen LogP contribution in [0.3, 0.4) is 0 Å². The first-order chi connectivity index (χ1) is 8.88. The number of benzene rings is 1. The van der Waals surface area contributed by atoms with Crippen LogP contribution in [-0.2, 0) is 6.54 Å². The van der Waals surface area contributed by atoms with E-state index in [1.165, 1.54) is 17.4 Å². The summed E-state index contributed by atoms with van der Waals surface area (Å²) in [5.41, 5.74) is 2.36. The molecule has 1 aliphatic rings. The van der Waals surface area contributed by atoms with Crippen molar-refractivity contribution < 1.29 is 5.11 Å². The molecule has 1 aromatic heterocycles. The topological polar surface area (TPSA) is 36.4 Å². The Kier molecular flexibility index (Phi) is 3.26. The summed E-state index contributed by atoms with van der Waals surface area (Å²) in [6, 6.07) is 10.7. The van der Waals surface area contributed by atoms with Gasteiger partial charge in [0.05, 0.1) is 12.1 Å². The summed E-state index contributed by atoms with van der Waals surface area (Å²) in [5, 5.41) is 10.6. The molecule has 0 radical (unpaired) electrons. The first-order valence-corrected chi connectivity index (χ1v) is 6.56. The fraction of sp³-hybridized carbons (Fsp3) is 0.400. The van der Waals surface area contributed by atoms with E-state index in [1.54, 1.807) is 0 Å². The molecule has 1 fully saturated rings. The quantitative estimate of drug-likeness (QED) is 0.896. The number of hydrogen-bond donors (Lipinski definition) is 1. The highest BCUT2D eigenvalue weighted by molar-refractivity contribution is 5.81. The van der Waals surface area contributed by atoms with E-state index in [4.69, 9.17) is 0 Å². The fourth-order valence-corrected chi connectivity index (χ4v) is 2.82. The van der Waals surface area contributed by atoms with Gasteiger partial charge in [0.25, 0.3) is 0 Å². The van der Waals surface area contributed by atoms with E-state index < -0.39 is 0 Å². The molecular weight excluding hydrogens is 224 g/mol. The molecule has 2 aromatic rings. The van der Waals surface area contributed by atoms with Gasteiger partial charge in [-0.25, -0.2) is 0 Å². The molecule has 1 unspecified atom stereocenters. The van der Waals surface area contributed by atoms with Crippen molar-refractivity contribution in [1.82, 2.24) is 9.88 Å². The average molecular weight is 242 g/mol. The van der Waals surface area contributed by atoms with E-state index in [2.05, 4.69) is 28.1 Å². The molecule has 0 aliphatic carbocycles. The Morgan fingerprint density at radius 2 is 2.17 bits per heavy atom. The van der Waals surface area contributed by atoms with Gasteiger partial charge in [0, 0.05) is 24.2 Å². The number of fused-ring (bicyclic) bond motifs is 1. The smallest absolute Gasteiger partial charge is 0.0705 e. The van der Waals surface area contributed by atoms with Crippen molar-refractivity contribution in [2.24, 2.45) is 0 Å². The lowest BCUT2D eigenvalue weighted by Gasteiger charge is -2.23. The number of aromatic nitrogens is 1. The third kappa shape index (κ3) is 2.11. The van der Waals surface area contributed by atoms with Crippen molar-refractivity contribution in [3.05, 3.63) is 42.1 Å². The van der Waals surface area contributed by atoms with Gasteiger partial charge in [0.1, 0.15) is 0 Å². The van der Waals surface area contributed by atoms with Crippen LogP contribution in [0.25, 0.3) is 10.9 Å². The number of aliphatic hydroxyl groups excluding tert-OH is 1. The van der Waals surface area contributed by atoms with Crippen LogP contribution < -0.4 is 0 Å². The van der Waals surface area contributed by atoms with Crippen LogP contribution in [0.4, 0.5) is 0 Å². The lowest BCUT2D eigenvalue weighted by Crippen LogP contribution is -2.31. The standard InChI is InChI=1S/C15H18N2O/c18-11-13-4-3-9-17(13)10-12-7-8-16-15-6-2-1-5-14(12)15/h1-2,5-8,13,18H,3-4,9-11H2. The maximum Gasteiger partial charge on any atom is 0.0705 e. The molecule has 3 nitrogen and oxygen atoms in total. The Morgan fingerprint density at radius 3 is 3.06 bits per heavy atom. The maximum atomic E-state index is 9.37. The van der Waals surface area contributed by atoms with E-state index in [1.807, 2.05) is 18.3 Å². The minimum Gasteiger partial charge on any atom is -0.395 e. The molecule has 0 bridgehead atoms. The Bertz CT molecular complexity index is 536. The molecular formula is C15H18N2O. The summed E-state index contributed by atoms with van der Waals surface area (Å²) in [6.07, 6.45) is 4.18. The van der Waals surface area contributed by atoms with E-state index in [-0.39, 0.29) is 6.61 Å². The van der Waals surface area contributed by atoms with Gasteiger partial charge in [0.15, 0.2) is 0 Å². The second-order valence-electron chi connectivity index (χ2n) is 4.94. The zero-order valence-electron chi connectivity index (χ0n) is 10.4. The van der Waals surface area contributed by atoms with Crippen molar-refractivity contribution in [2.45, 2.75) is 25.4 Å². The van der Waals surface area contributed by atoms with Gasteiger partial charge >= 0.3 is 0 Å². The number of hydrogen-bond acceptors (Lipinski definition) is 3. The summed E-state index contributed by atoms with van der Waals surface area (Å²) < 4.78 is 0. The lowest BCUT2D eigenvalue weighted by molar-refractivity contribution is 0.154. The largest absolute Gasteiger partial charge is 0.395 e. The Balaban J connectivity index is 1.90. The first kappa shape index (κ1) is 11.6. The van der Waals surface area contributed by atoms with E-state index in [0.717, 1.165) is 25.0 Å². The van der Waals surface area contributed by atoms with Crippen molar-refractivity contribution in [3.63, 3.8) is 0 Å². The van der Waals surface area contributed by atoms with Crippen molar-refractivity contribution in [3.8, 4) is 0 Å². The monoisotopic (exact) mass is 242 g/mol. The fourth-order valence-electron chi connectivity index (χ4n) is 2.82. The number of para-hydroxylation sites is 1. The van der Waals surface area contributed by atoms with Crippen molar-refractivity contribution >= 4 is 10.9 Å². The first-order valence-electron chi connectivity index (χ1n) is 6.56. The van der Waals surface area contributed by atoms with E-state index >= 15 is 0 Å². The van der Waals surface area contributed by atoms with Gasteiger partial charge < -0.3 is 5.11 Å². The minimum absolute atomic E-state index is 0.267. The van der Waals surface area contributed by atoms with Crippen LogP contribution in [-0.4, -0.2) is 34.2 Å². The molecule has 2 heterocycles. The molecule has 1 aliphatic heterocycles. The normalized spacial score (nSPS) is 20.6. The second kappa shape index (κ2) is 5.04. The number of pyridine rings is 1. The highest BCUT2D eigenvalue weighted by Gasteiger charge is 2.23. The number of aliphatic hydroxyl groups is 1. The molecule has 3 rings (SSSR count). The molecule has 94 valence electrons. The van der Waals surface area contributed by atoms with Crippen LogP contribution in [0.5, 0.6) is 0 Å². The van der Waals surface area contributed by atoms with Crippen molar-refractivity contribution in [2.75, 3.05) is 13.2 Å². The molecule has 0 amide bonds. The van der Waals surface area contributed by atoms with Crippen LogP contribution >= 0.6 is 0 Å². The summed E-state index contributed by atoms with van der Waals surface area (Å²) >= 11 is 0. The average Bonchev–Trinajstić information content (AvgIpc) is 2.86. The molecule has 18 heavy (non-hydrogen) atoms. The second-order valence-corrected chi connectivity index (χ2v) is 4.94. The van der Waals surface area contributed by atoms with Gasteiger partial charge in [-0.1, -0.05) is 18.2 Å². The SMILES string of the molecule is OCC1CCCN1Cc1ccnc2ccccc12. The number of likely N-dealkylation sites (tertiary alicyclic amines) is 1. The van der Waals surface area contributed by atoms with Gasteiger partial charge in [-0.2, -0.15) is 0 Å². The molecule has 3 heteroatoms. The van der Waals surface area contributed by atoms with E-state index in [9.17, 15) is 5.11 Å². The van der Waals surface area contributed by atoms with Gasteiger partial charge in [0.2, 0.25) is 0 Å². The Morgan fingerprint density at radius 1 is 1.28 bits per heavy atom. The van der Waals surface area contributed by atoms with Crippen molar-refractivity contribution in [1.29, 1.82) is 0 Å². The molecule has 1 N–H and O–H groups in total. The zero-order chi connectivity index (χ0) is 12.4. The molecule has 1 saturated heterocycles. The highest BCUT2D eigenvalue weighted by Crippen LogP contribution is 2.23. The van der Waals surface area contributed by atoms with Crippen LogP contribution in [0, 0.1) is 0 Å². The molecule has 1 aromatic carbocycles. The van der Waals surface area contributed by atoms with Crippen LogP contribution in [0.1, 0.15) is 18.4 Å². The van der Waals surface area contributed by atoms with E-state index in [0.29, 0.717) is 6.04 Å². The summed E-state index contributed by atoms with van der Waals surface area (Å²) in [5.74, 6) is 0. The Labute approximate surface area is 107 Å². The highest BCUT2D eigenvalue weighted by atomic mass is 16.3. The number of nitrogens with zero attached hydrogens (tertiary/aromatic N) is 2. The van der Waals surface area contributed by atoms with Gasteiger partial charge in [-0.15, -0.1) is 0 Å². The number of rotatable bonds is 3. The predicted octanol–water partition coefficient (Wildman–Crippen LogP) is 2.19. The molecule has 0 spiro atoms. The van der Waals surface area contributed by atoms with Crippen LogP contribution in [0.15, 0.2) is 36.5 Å². The Hall–Kier alpha value is -1.45. The zero-order valence-corrected chi connectivity index (χ0v) is 10.4. The van der Waals surface area contributed by atoms with Gasteiger partial charge in [-0.3, -0.25) is 9.88 Å². The van der Waals surface area contributed by atoms with Gasteiger partial charge in [-0.05, 0) is 37.1 Å². The molecule has 1 atom stereocenters. The predicted molar refractivity (Wildman–Crippen MR) is 72.3 cm³/mol.